The van der Waals surface area contributed by atoms with Crippen LogP contribution >= 0.6 is 0 Å². The summed E-state index contributed by atoms with van der Waals surface area (Å²) in [4.78, 5) is 0. The molecule has 0 aromatic heterocycles. The molecule has 0 spiro atoms. The average molecular weight is 147 g/mol. The van der Waals surface area contributed by atoms with Crippen LogP contribution in [-0.2, 0) is 32.7 Å². The molecule has 0 aliphatic rings. The van der Waals surface area contributed by atoms with Gasteiger partial charge in [-0.25, -0.2) is 0 Å². The predicted octanol–water partition coefficient (Wildman–Crippen LogP) is 0.607. The standard InChI is InChI=1S/C2H5N.CH3.Y/c1-3-2;;/h3H,1-2H2;1H3;/q-2;-1;+3. The minimum atomic E-state index is 0. The molecule has 0 saturated heterocycles. The van der Waals surface area contributed by atoms with Crippen molar-refractivity contribution in [3.63, 3.8) is 0 Å². The maximum Gasteiger partial charge on any atom is 3.00 e. The third kappa shape index (κ3) is 42.0. The Morgan fingerprint density at radius 3 is 1.20 bits per heavy atom. The van der Waals surface area contributed by atoms with Crippen molar-refractivity contribution in [3.05, 3.63) is 21.5 Å². The number of rotatable bonds is 0. The monoisotopic (exact) mass is 147 g/mol. The fraction of sp³-hybridized carbons (Fsp3) is 0. The SMILES string of the molecule is [CH2-]N[CH2-].[CH3-].[Y+3]. The van der Waals surface area contributed by atoms with Crippen LogP contribution in [0, 0.1) is 21.5 Å². The summed E-state index contributed by atoms with van der Waals surface area (Å²) >= 11 is 0. The summed E-state index contributed by atoms with van der Waals surface area (Å²) in [5.41, 5.74) is 0. The van der Waals surface area contributed by atoms with Crippen LogP contribution in [0.1, 0.15) is 0 Å². The molecule has 0 rings (SSSR count). The van der Waals surface area contributed by atoms with Crippen molar-refractivity contribution >= 4 is 0 Å². The topological polar surface area (TPSA) is 12.0 Å². The summed E-state index contributed by atoms with van der Waals surface area (Å²) in [6, 6.07) is 0. The van der Waals surface area contributed by atoms with E-state index in [-0.39, 0.29) is 40.1 Å². The molecule has 0 fully saturated rings. The molecule has 0 saturated carbocycles. The molecular formula is C3H8NY. The fourth-order valence-corrected chi connectivity index (χ4v) is 0. The fourth-order valence-electron chi connectivity index (χ4n) is 0. The van der Waals surface area contributed by atoms with Gasteiger partial charge in [0.15, 0.2) is 0 Å². The third-order valence-electron chi connectivity index (χ3n) is 0. The first kappa shape index (κ1) is 16.6. The zero-order valence-corrected chi connectivity index (χ0v) is 6.33. The Morgan fingerprint density at radius 2 is 1.20 bits per heavy atom. The van der Waals surface area contributed by atoms with Crippen LogP contribution in [0.15, 0.2) is 0 Å². The molecule has 1 N–H and O–H groups in total. The van der Waals surface area contributed by atoms with Gasteiger partial charge in [0.1, 0.15) is 0 Å². The average Bonchev–Trinajstić information content (AvgIpc) is 0.918. The van der Waals surface area contributed by atoms with Gasteiger partial charge in [0.2, 0.25) is 0 Å². The second-order valence-electron chi connectivity index (χ2n) is 0.250. The Hall–Kier alpha value is 1.06. The van der Waals surface area contributed by atoms with Gasteiger partial charge in [-0.2, -0.15) is 0 Å². The van der Waals surface area contributed by atoms with Gasteiger partial charge in [0.05, 0.1) is 0 Å². The number of hydrogen-bond donors (Lipinski definition) is 1. The third-order valence-corrected chi connectivity index (χ3v) is 0. The second kappa shape index (κ2) is 19.6. The molecule has 0 aliphatic heterocycles. The summed E-state index contributed by atoms with van der Waals surface area (Å²) in [7, 11) is 6.25. The summed E-state index contributed by atoms with van der Waals surface area (Å²) in [5.74, 6) is 0. The van der Waals surface area contributed by atoms with Gasteiger partial charge in [-0.05, 0) is 0 Å². The van der Waals surface area contributed by atoms with E-state index in [0.29, 0.717) is 0 Å². The van der Waals surface area contributed by atoms with Gasteiger partial charge >= 0.3 is 32.7 Å². The minimum absolute atomic E-state index is 0. The first-order valence-electron chi connectivity index (χ1n) is 0.707. The molecule has 0 radical (unpaired) electrons. The van der Waals surface area contributed by atoms with E-state index in [4.69, 9.17) is 0 Å². The van der Waals surface area contributed by atoms with E-state index in [1.165, 1.54) is 0 Å². The van der Waals surface area contributed by atoms with E-state index in [1.54, 1.807) is 0 Å². The van der Waals surface area contributed by atoms with Crippen LogP contribution < -0.4 is 5.32 Å². The Labute approximate surface area is 59.4 Å². The largest absolute Gasteiger partial charge is 3.00 e. The van der Waals surface area contributed by atoms with Gasteiger partial charge in [-0.1, -0.05) is 0 Å². The van der Waals surface area contributed by atoms with E-state index in [1.807, 2.05) is 0 Å². The van der Waals surface area contributed by atoms with Crippen molar-refractivity contribution in [1.82, 2.24) is 5.32 Å². The van der Waals surface area contributed by atoms with Gasteiger partial charge in [-0.3, -0.25) is 0 Å². The first-order valence-corrected chi connectivity index (χ1v) is 0.707. The van der Waals surface area contributed by atoms with E-state index in [0.717, 1.165) is 0 Å². The number of nitrogens with one attached hydrogen (secondary N) is 1. The quantitative estimate of drug-likeness (QED) is 0.495. The second-order valence-corrected chi connectivity index (χ2v) is 0.250. The molecule has 0 atom stereocenters. The minimum Gasteiger partial charge on any atom is -0.623 e. The Kier molecular flexibility index (Phi) is 65.0. The van der Waals surface area contributed by atoms with E-state index < -0.39 is 0 Å². The molecule has 5 heavy (non-hydrogen) atoms. The smallest absolute Gasteiger partial charge is 0.623 e. The van der Waals surface area contributed by atoms with Crippen LogP contribution in [0.3, 0.4) is 0 Å². The van der Waals surface area contributed by atoms with Crippen molar-refractivity contribution in [2.45, 2.75) is 0 Å². The molecule has 0 aliphatic carbocycles. The van der Waals surface area contributed by atoms with Gasteiger partial charge in [0.25, 0.3) is 0 Å². The van der Waals surface area contributed by atoms with Crippen LogP contribution in [0.25, 0.3) is 0 Å². The molecule has 0 heterocycles. The zero-order chi connectivity index (χ0) is 2.71. The molecule has 0 aromatic rings. The van der Waals surface area contributed by atoms with Crippen molar-refractivity contribution in [2.24, 2.45) is 0 Å². The molecule has 28 valence electrons. The van der Waals surface area contributed by atoms with E-state index in [9.17, 15) is 0 Å². The van der Waals surface area contributed by atoms with Crippen LogP contribution in [0.5, 0.6) is 0 Å². The molecule has 0 amide bonds. The van der Waals surface area contributed by atoms with E-state index in [2.05, 4.69) is 19.4 Å². The predicted molar refractivity (Wildman–Crippen MR) is 20.3 cm³/mol. The van der Waals surface area contributed by atoms with Crippen molar-refractivity contribution < 1.29 is 32.7 Å². The molecule has 0 unspecified atom stereocenters. The normalized spacial score (nSPS) is 3.60. The first-order chi connectivity index (χ1) is 1.41. The van der Waals surface area contributed by atoms with Crippen molar-refractivity contribution in [3.8, 4) is 0 Å². The summed E-state index contributed by atoms with van der Waals surface area (Å²) in [6.07, 6.45) is 0. The molecule has 2 heteroatoms. The van der Waals surface area contributed by atoms with Gasteiger partial charge in [-0.15, -0.1) is 0 Å². The summed E-state index contributed by atoms with van der Waals surface area (Å²) < 4.78 is 0. The number of hydrogen-bond acceptors (Lipinski definition) is 1. The van der Waals surface area contributed by atoms with Crippen molar-refractivity contribution in [1.29, 1.82) is 0 Å². The maximum atomic E-state index is 3.12. The summed E-state index contributed by atoms with van der Waals surface area (Å²) in [6.45, 7) is 0. The molecular weight excluding hydrogens is 139 g/mol. The van der Waals surface area contributed by atoms with Crippen LogP contribution in [0.2, 0.25) is 0 Å². The molecule has 0 aromatic carbocycles. The van der Waals surface area contributed by atoms with Crippen LogP contribution in [0.4, 0.5) is 0 Å². The Bertz CT molecular complexity index is 6.85. The summed E-state index contributed by atoms with van der Waals surface area (Å²) in [5, 5.41) is 2.25. The van der Waals surface area contributed by atoms with Gasteiger partial charge in [0, 0.05) is 0 Å². The van der Waals surface area contributed by atoms with Gasteiger partial charge < -0.3 is 26.8 Å². The van der Waals surface area contributed by atoms with E-state index >= 15 is 0 Å². The molecule has 1 nitrogen and oxygen atoms in total. The zero-order valence-electron chi connectivity index (χ0n) is 3.49. The molecule has 0 bridgehead atoms. The van der Waals surface area contributed by atoms with Crippen LogP contribution in [-0.4, -0.2) is 0 Å². The Morgan fingerprint density at radius 1 is 1.20 bits per heavy atom. The maximum absolute atomic E-state index is 3.12. The Balaban J connectivity index is -0.0000000200. The van der Waals surface area contributed by atoms with Crippen molar-refractivity contribution in [2.75, 3.05) is 0 Å².